The number of esters is 1. The van der Waals surface area contributed by atoms with Gasteiger partial charge in [-0.2, -0.15) is 0 Å². The number of aromatic nitrogens is 1. The molecule has 0 bridgehead atoms. The Morgan fingerprint density at radius 1 is 1.27 bits per heavy atom. The zero-order chi connectivity index (χ0) is 27.8. The highest BCUT2D eigenvalue weighted by Crippen LogP contribution is 2.32. The molecule has 0 saturated heterocycles. The minimum absolute atomic E-state index is 0.0941. The van der Waals surface area contributed by atoms with Crippen molar-refractivity contribution in [1.29, 1.82) is 0 Å². The van der Waals surface area contributed by atoms with E-state index < -0.39 is 35.6 Å². The lowest BCUT2D eigenvalue weighted by molar-refractivity contribution is -0.154. The fraction of sp³-hybridized carbons (Fsp3) is 0.690. The first-order valence-electron chi connectivity index (χ1n) is 13.4. The number of carbonyl (C=O) groups excluding carboxylic acids is 2. The van der Waals surface area contributed by atoms with Crippen LogP contribution in [0.5, 0.6) is 0 Å². The van der Waals surface area contributed by atoms with Gasteiger partial charge in [0.05, 0.1) is 34.7 Å². The molecule has 0 fully saturated rings. The smallest absolute Gasteiger partial charge is 0.309 e. The number of rotatable bonds is 5. The molecule has 1 aromatic heterocycles. The summed E-state index contributed by atoms with van der Waals surface area (Å²) < 4.78 is 5.86. The first kappa shape index (κ1) is 31.3. The van der Waals surface area contributed by atoms with Gasteiger partial charge in [-0.25, -0.2) is 4.98 Å². The average molecular weight is 536 g/mol. The number of hydrogen-bond donors (Lipinski definition) is 3. The van der Waals surface area contributed by atoms with Crippen molar-refractivity contribution >= 4 is 29.2 Å². The fourth-order valence-corrected chi connectivity index (χ4v) is 5.42. The maximum Gasteiger partial charge on any atom is 0.309 e. The number of carbonyl (C=O) groups is 2. The Bertz CT molecular complexity index is 965. The highest BCUT2D eigenvalue weighted by Gasteiger charge is 2.42. The molecule has 0 aliphatic carbocycles. The second kappa shape index (κ2) is 14.3. The van der Waals surface area contributed by atoms with Gasteiger partial charge in [0, 0.05) is 24.3 Å². The van der Waals surface area contributed by atoms with Crippen molar-refractivity contribution in [3.63, 3.8) is 0 Å². The Morgan fingerprint density at radius 2 is 1.97 bits per heavy atom. The van der Waals surface area contributed by atoms with Crippen LogP contribution in [0.3, 0.4) is 0 Å². The van der Waals surface area contributed by atoms with Crippen molar-refractivity contribution in [2.45, 2.75) is 105 Å². The molecule has 1 unspecified atom stereocenters. The molecule has 0 saturated carbocycles. The van der Waals surface area contributed by atoms with Gasteiger partial charge in [-0.1, -0.05) is 39.3 Å². The normalized spacial score (nSPS) is 30.5. The van der Waals surface area contributed by atoms with Crippen LogP contribution in [0.25, 0.3) is 6.08 Å². The SMILES string of the molecule is C/C(=C\c1csc(C)n1)[C@@H]1C/C=C(/CCCO)CCC[C@H](C)C(O)[C@@H](C)C(=O)C(C)(C)[C@@H](O)CC(=O)O1. The molecule has 1 aliphatic rings. The monoisotopic (exact) mass is 535 g/mol. The summed E-state index contributed by atoms with van der Waals surface area (Å²) in [6.07, 6.45) is 5.30. The van der Waals surface area contributed by atoms with E-state index in [9.17, 15) is 24.9 Å². The highest BCUT2D eigenvalue weighted by molar-refractivity contribution is 7.09. The molecular weight excluding hydrogens is 490 g/mol. The molecule has 3 N–H and O–H groups in total. The first-order valence-corrected chi connectivity index (χ1v) is 14.2. The number of ketones is 1. The molecule has 0 radical (unpaired) electrons. The van der Waals surface area contributed by atoms with Gasteiger partial charge in [-0.3, -0.25) is 9.59 Å². The van der Waals surface area contributed by atoms with E-state index in [-0.39, 0.29) is 24.7 Å². The number of allylic oxidation sites excluding steroid dienone is 1. The maximum absolute atomic E-state index is 13.3. The maximum atomic E-state index is 13.3. The predicted molar refractivity (Wildman–Crippen MR) is 147 cm³/mol. The molecule has 8 heteroatoms. The summed E-state index contributed by atoms with van der Waals surface area (Å²) in [4.78, 5) is 30.7. The Morgan fingerprint density at radius 3 is 2.59 bits per heavy atom. The number of aryl methyl sites for hydroxylation is 1. The van der Waals surface area contributed by atoms with Gasteiger partial charge >= 0.3 is 5.97 Å². The topological polar surface area (TPSA) is 117 Å². The van der Waals surface area contributed by atoms with Crippen molar-refractivity contribution in [1.82, 2.24) is 4.98 Å². The molecule has 1 aliphatic heterocycles. The summed E-state index contributed by atoms with van der Waals surface area (Å²) >= 11 is 1.55. The van der Waals surface area contributed by atoms with Gasteiger partial charge < -0.3 is 20.1 Å². The van der Waals surface area contributed by atoms with Crippen LogP contribution in [0.15, 0.2) is 22.6 Å². The summed E-state index contributed by atoms with van der Waals surface area (Å²) in [6, 6.07) is 0. The van der Waals surface area contributed by atoms with Crippen LogP contribution in [0.4, 0.5) is 0 Å². The third-order valence-electron chi connectivity index (χ3n) is 7.56. The van der Waals surface area contributed by atoms with E-state index in [2.05, 4.69) is 11.1 Å². The molecule has 2 rings (SSSR count). The van der Waals surface area contributed by atoms with Crippen LogP contribution < -0.4 is 0 Å². The predicted octanol–water partition coefficient (Wildman–Crippen LogP) is 5.02. The summed E-state index contributed by atoms with van der Waals surface area (Å²) in [6.45, 7) is 10.8. The van der Waals surface area contributed by atoms with Gasteiger partial charge in [-0.15, -0.1) is 11.3 Å². The summed E-state index contributed by atoms with van der Waals surface area (Å²) in [5.74, 6) is -1.62. The number of thiazole rings is 1. The number of aliphatic hydroxyl groups excluding tert-OH is 3. The number of ether oxygens (including phenoxy) is 1. The molecule has 0 amide bonds. The standard InChI is InChI=1S/C29H45NO6S/c1-18-9-7-10-22(11-8-14-31)12-13-24(19(2)15-23-17-37-21(4)30-23)36-26(33)16-25(32)29(5,6)28(35)20(3)27(18)34/h12,15,17-18,20,24-25,27,31-32,34H,7-11,13-14,16H2,1-6H3/b19-15+,22-12+/t18-,20+,24-,25-,27?/m0/s1. The summed E-state index contributed by atoms with van der Waals surface area (Å²) in [5, 5.41) is 34.0. The van der Waals surface area contributed by atoms with Crippen LogP contribution in [-0.4, -0.2) is 57.0 Å². The third-order valence-corrected chi connectivity index (χ3v) is 8.36. The quantitative estimate of drug-likeness (QED) is 0.358. The van der Waals surface area contributed by atoms with E-state index in [1.807, 2.05) is 32.2 Å². The van der Waals surface area contributed by atoms with E-state index in [1.165, 1.54) is 5.57 Å². The fourth-order valence-electron chi connectivity index (χ4n) is 4.85. The summed E-state index contributed by atoms with van der Waals surface area (Å²) in [5.41, 5.74) is 1.60. The van der Waals surface area contributed by atoms with E-state index in [0.29, 0.717) is 12.8 Å². The minimum atomic E-state index is -1.24. The molecule has 37 heavy (non-hydrogen) atoms. The molecule has 1 aromatic rings. The molecule has 2 heterocycles. The Balaban J connectivity index is 2.40. The van der Waals surface area contributed by atoms with E-state index in [4.69, 9.17) is 4.74 Å². The Kier molecular flexibility index (Phi) is 12.1. The Hall–Kier alpha value is -1.87. The number of nitrogens with zero attached hydrogens (tertiary/aromatic N) is 1. The van der Waals surface area contributed by atoms with Gasteiger partial charge in [-0.05, 0) is 63.5 Å². The second-order valence-electron chi connectivity index (χ2n) is 11.0. The lowest BCUT2D eigenvalue weighted by Gasteiger charge is -2.34. The number of Topliss-reactive ketones (excluding diaryl/α,β-unsaturated/α-hetero) is 1. The van der Waals surface area contributed by atoms with Crippen molar-refractivity contribution in [3.05, 3.63) is 33.3 Å². The van der Waals surface area contributed by atoms with Crippen LogP contribution in [-0.2, 0) is 14.3 Å². The van der Waals surface area contributed by atoms with Gasteiger partial charge in [0.15, 0.2) is 0 Å². The molecule has 208 valence electrons. The van der Waals surface area contributed by atoms with E-state index >= 15 is 0 Å². The van der Waals surface area contributed by atoms with Crippen LogP contribution in [0.2, 0.25) is 0 Å². The number of cyclic esters (lactones) is 1. The van der Waals surface area contributed by atoms with Crippen LogP contribution >= 0.6 is 11.3 Å². The molecule has 0 spiro atoms. The molecule has 0 aromatic carbocycles. The zero-order valence-electron chi connectivity index (χ0n) is 23.2. The van der Waals surface area contributed by atoms with E-state index in [1.54, 1.807) is 32.1 Å². The second-order valence-corrected chi connectivity index (χ2v) is 12.1. The largest absolute Gasteiger partial charge is 0.457 e. The molecular formula is C29H45NO6S. The van der Waals surface area contributed by atoms with Crippen molar-refractivity contribution < 1.29 is 29.6 Å². The van der Waals surface area contributed by atoms with Crippen LogP contribution in [0.1, 0.15) is 90.3 Å². The van der Waals surface area contributed by atoms with Gasteiger partial charge in [0.25, 0.3) is 0 Å². The molecule has 7 nitrogen and oxygen atoms in total. The lowest BCUT2D eigenvalue weighted by Crippen LogP contribution is -2.45. The van der Waals surface area contributed by atoms with Crippen molar-refractivity contribution in [2.75, 3.05) is 6.61 Å². The van der Waals surface area contributed by atoms with E-state index in [0.717, 1.165) is 42.0 Å². The average Bonchev–Trinajstić information content (AvgIpc) is 3.26. The van der Waals surface area contributed by atoms with Crippen molar-refractivity contribution in [2.24, 2.45) is 17.3 Å². The summed E-state index contributed by atoms with van der Waals surface area (Å²) in [7, 11) is 0. The van der Waals surface area contributed by atoms with Crippen molar-refractivity contribution in [3.8, 4) is 0 Å². The Labute approximate surface area is 225 Å². The highest BCUT2D eigenvalue weighted by atomic mass is 32.1. The third kappa shape index (κ3) is 9.13. The number of aliphatic hydroxyl groups is 3. The van der Waals surface area contributed by atoms with Gasteiger partial charge in [0.1, 0.15) is 11.9 Å². The van der Waals surface area contributed by atoms with Crippen LogP contribution in [0, 0.1) is 24.2 Å². The lowest BCUT2D eigenvalue weighted by atomic mass is 9.73. The molecule has 5 atom stereocenters. The van der Waals surface area contributed by atoms with Gasteiger partial charge in [0.2, 0.25) is 0 Å². The minimum Gasteiger partial charge on any atom is -0.457 e. The first-order chi connectivity index (χ1) is 17.4. The number of hydrogen-bond acceptors (Lipinski definition) is 8. The zero-order valence-corrected chi connectivity index (χ0v) is 24.0.